The largest absolute Gasteiger partial charge is 0.447 e. The fraction of sp³-hybridized carbons (Fsp3) is 0.500. The maximum Gasteiger partial charge on any atom is 0.273 e. The molecule has 2 aromatic rings. The molecule has 3 rings (SSSR count). The first-order valence-corrected chi connectivity index (χ1v) is 9.99. The number of carbonyl (C=O) groups is 2. The lowest BCUT2D eigenvalue weighted by Crippen LogP contribution is -2.46. The molecule has 1 atom stereocenters. The number of hydrogen-bond donors (Lipinski definition) is 1. The Morgan fingerprint density at radius 3 is 2.54 bits per heavy atom. The van der Waals surface area contributed by atoms with Crippen molar-refractivity contribution in [2.45, 2.75) is 58.0 Å². The Morgan fingerprint density at radius 1 is 1.25 bits per heavy atom. The standard InChI is InChI=1S/C22H29N3O3/c1-4-16(2)23-21(27)19-15-28-20(24-19)14-25-12-10-22(11-13-25,17(3)26)18-8-6-5-7-9-18/h5-9,15-16H,4,10-14H2,1-3H3,(H,23,27). The molecule has 1 unspecified atom stereocenters. The molecule has 6 nitrogen and oxygen atoms in total. The second kappa shape index (κ2) is 8.69. The summed E-state index contributed by atoms with van der Waals surface area (Å²) in [5.41, 5.74) is 1.01. The van der Waals surface area contributed by atoms with Crippen molar-refractivity contribution in [1.29, 1.82) is 0 Å². The Labute approximate surface area is 166 Å². The van der Waals surface area contributed by atoms with Crippen LogP contribution in [0.2, 0.25) is 0 Å². The van der Waals surface area contributed by atoms with Crippen LogP contribution in [0.25, 0.3) is 0 Å². The molecule has 1 aromatic heterocycles. The van der Waals surface area contributed by atoms with E-state index in [-0.39, 0.29) is 17.7 Å². The lowest BCUT2D eigenvalue weighted by molar-refractivity contribution is -0.124. The number of oxazole rings is 1. The maximum atomic E-state index is 12.5. The van der Waals surface area contributed by atoms with Crippen molar-refractivity contribution in [1.82, 2.24) is 15.2 Å². The van der Waals surface area contributed by atoms with Crippen molar-refractivity contribution in [3.63, 3.8) is 0 Å². The van der Waals surface area contributed by atoms with Gasteiger partial charge in [-0.3, -0.25) is 14.5 Å². The molecule has 1 aliphatic rings. The van der Waals surface area contributed by atoms with Gasteiger partial charge in [-0.15, -0.1) is 0 Å². The number of Topliss-reactive ketones (excluding diaryl/α,β-unsaturated/α-hetero) is 1. The van der Waals surface area contributed by atoms with Gasteiger partial charge < -0.3 is 9.73 Å². The number of piperidine rings is 1. The summed E-state index contributed by atoms with van der Waals surface area (Å²) in [6, 6.07) is 10.2. The van der Waals surface area contributed by atoms with Gasteiger partial charge in [0.1, 0.15) is 12.0 Å². The Kier molecular flexibility index (Phi) is 6.29. The van der Waals surface area contributed by atoms with Crippen molar-refractivity contribution in [2.75, 3.05) is 13.1 Å². The first kappa shape index (κ1) is 20.3. The number of ketones is 1. The zero-order valence-corrected chi connectivity index (χ0v) is 16.9. The number of benzene rings is 1. The zero-order chi connectivity index (χ0) is 20.1. The summed E-state index contributed by atoms with van der Waals surface area (Å²) in [6.45, 7) is 7.78. The van der Waals surface area contributed by atoms with E-state index in [0.29, 0.717) is 18.1 Å². The van der Waals surface area contributed by atoms with E-state index < -0.39 is 5.41 Å². The molecule has 1 amide bonds. The number of carbonyl (C=O) groups excluding carboxylic acids is 2. The highest BCUT2D eigenvalue weighted by Gasteiger charge is 2.40. The lowest BCUT2D eigenvalue weighted by Gasteiger charge is -2.40. The summed E-state index contributed by atoms with van der Waals surface area (Å²) in [6.07, 6.45) is 3.83. The van der Waals surface area contributed by atoms with Crippen molar-refractivity contribution < 1.29 is 14.0 Å². The number of rotatable bonds is 7. The lowest BCUT2D eigenvalue weighted by atomic mass is 9.70. The molecule has 0 bridgehead atoms. The highest BCUT2D eigenvalue weighted by molar-refractivity contribution is 5.92. The predicted molar refractivity (Wildman–Crippen MR) is 107 cm³/mol. The maximum absolute atomic E-state index is 12.5. The van der Waals surface area contributed by atoms with E-state index >= 15 is 0 Å². The molecule has 1 saturated heterocycles. The van der Waals surface area contributed by atoms with Crippen molar-refractivity contribution in [2.24, 2.45) is 0 Å². The molecule has 28 heavy (non-hydrogen) atoms. The molecule has 2 heterocycles. The Hall–Kier alpha value is -2.47. The SMILES string of the molecule is CCC(C)NC(=O)c1coc(CN2CCC(C(C)=O)(c3ccccc3)CC2)n1. The van der Waals surface area contributed by atoms with Crippen molar-refractivity contribution in [3.05, 3.63) is 53.7 Å². The smallest absolute Gasteiger partial charge is 0.273 e. The molecule has 0 spiro atoms. The molecule has 6 heteroatoms. The van der Waals surface area contributed by atoms with Gasteiger partial charge in [0, 0.05) is 6.04 Å². The highest BCUT2D eigenvalue weighted by atomic mass is 16.3. The van der Waals surface area contributed by atoms with Crippen LogP contribution in [0.5, 0.6) is 0 Å². The third-order valence-electron chi connectivity index (χ3n) is 5.84. The molecule has 0 radical (unpaired) electrons. The van der Waals surface area contributed by atoms with Gasteiger partial charge in [-0.25, -0.2) is 4.98 Å². The van der Waals surface area contributed by atoms with Gasteiger partial charge in [0.25, 0.3) is 5.91 Å². The first-order chi connectivity index (χ1) is 13.4. The van der Waals surface area contributed by atoms with Crippen LogP contribution >= 0.6 is 0 Å². The molecule has 1 aliphatic heterocycles. The minimum Gasteiger partial charge on any atom is -0.447 e. The van der Waals surface area contributed by atoms with Gasteiger partial charge in [0.05, 0.1) is 12.0 Å². The predicted octanol–water partition coefficient (Wildman–Crippen LogP) is 3.33. The van der Waals surface area contributed by atoms with E-state index in [9.17, 15) is 9.59 Å². The van der Waals surface area contributed by atoms with Crippen molar-refractivity contribution >= 4 is 11.7 Å². The van der Waals surface area contributed by atoms with Crippen LogP contribution < -0.4 is 5.32 Å². The third kappa shape index (κ3) is 4.33. The number of nitrogens with one attached hydrogen (secondary N) is 1. The van der Waals surface area contributed by atoms with Gasteiger partial charge in [0.15, 0.2) is 5.69 Å². The van der Waals surface area contributed by atoms with Crippen LogP contribution in [-0.4, -0.2) is 40.7 Å². The van der Waals surface area contributed by atoms with Gasteiger partial charge in [-0.1, -0.05) is 37.3 Å². The van der Waals surface area contributed by atoms with E-state index in [1.54, 1.807) is 6.92 Å². The first-order valence-electron chi connectivity index (χ1n) is 9.99. The summed E-state index contributed by atoms with van der Waals surface area (Å²) in [5, 5.41) is 2.89. The van der Waals surface area contributed by atoms with Crippen LogP contribution in [0.1, 0.15) is 62.0 Å². The minimum atomic E-state index is -0.407. The monoisotopic (exact) mass is 383 g/mol. The van der Waals surface area contributed by atoms with E-state index in [1.807, 2.05) is 44.2 Å². The minimum absolute atomic E-state index is 0.104. The molecule has 0 aliphatic carbocycles. The van der Waals surface area contributed by atoms with Crippen molar-refractivity contribution in [3.8, 4) is 0 Å². The summed E-state index contributed by atoms with van der Waals surface area (Å²) in [4.78, 5) is 31.2. The number of amides is 1. The fourth-order valence-corrected chi connectivity index (χ4v) is 3.77. The van der Waals surface area contributed by atoms with Crippen LogP contribution in [-0.2, 0) is 16.8 Å². The fourth-order valence-electron chi connectivity index (χ4n) is 3.77. The van der Waals surface area contributed by atoms with Crippen LogP contribution in [0.3, 0.4) is 0 Å². The molecule has 0 saturated carbocycles. The summed E-state index contributed by atoms with van der Waals surface area (Å²) >= 11 is 0. The normalized spacial score (nSPS) is 17.8. The number of aromatic nitrogens is 1. The number of hydrogen-bond acceptors (Lipinski definition) is 5. The van der Waals surface area contributed by atoms with Crippen LogP contribution in [0.15, 0.2) is 41.0 Å². The zero-order valence-electron chi connectivity index (χ0n) is 16.9. The molecular weight excluding hydrogens is 354 g/mol. The van der Waals surface area contributed by atoms with E-state index in [0.717, 1.165) is 37.9 Å². The van der Waals surface area contributed by atoms with Crippen LogP contribution in [0.4, 0.5) is 0 Å². The molecule has 1 fully saturated rings. The molecule has 1 N–H and O–H groups in total. The molecule has 1 aromatic carbocycles. The Morgan fingerprint density at radius 2 is 1.93 bits per heavy atom. The van der Waals surface area contributed by atoms with Crippen LogP contribution in [0, 0.1) is 0 Å². The van der Waals surface area contributed by atoms with E-state index in [4.69, 9.17) is 4.42 Å². The Balaban J connectivity index is 1.61. The van der Waals surface area contributed by atoms with E-state index in [2.05, 4.69) is 15.2 Å². The topological polar surface area (TPSA) is 75.4 Å². The average Bonchev–Trinajstić information content (AvgIpc) is 3.17. The summed E-state index contributed by atoms with van der Waals surface area (Å²) in [7, 11) is 0. The second-order valence-electron chi connectivity index (χ2n) is 7.69. The molecular formula is C22H29N3O3. The Bertz CT molecular complexity index is 807. The molecule has 150 valence electrons. The quantitative estimate of drug-likeness (QED) is 0.794. The summed E-state index contributed by atoms with van der Waals surface area (Å²) < 4.78 is 5.51. The van der Waals surface area contributed by atoms with Gasteiger partial charge in [0.2, 0.25) is 5.89 Å². The average molecular weight is 383 g/mol. The highest BCUT2D eigenvalue weighted by Crippen LogP contribution is 2.36. The summed E-state index contributed by atoms with van der Waals surface area (Å²) in [5.74, 6) is 0.547. The van der Waals surface area contributed by atoms with Gasteiger partial charge in [-0.05, 0) is 51.8 Å². The number of nitrogens with zero attached hydrogens (tertiary/aromatic N) is 2. The third-order valence-corrected chi connectivity index (χ3v) is 5.84. The number of likely N-dealkylation sites (tertiary alicyclic amines) is 1. The van der Waals surface area contributed by atoms with E-state index in [1.165, 1.54) is 6.26 Å². The second-order valence-corrected chi connectivity index (χ2v) is 7.69. The van der Waals surface area contributed by atoms with Gasteiger partial charge in [-0.2, -0.15) is 0 Å². The van der Waals surface area contributed by atoms with Gasteiger partial charge >= 0.3 is 0 Å².